The Hall–Kier alpha value is -3.35. The van der Waals surface area contributed by atoms with E-state index in [1.165, 1.54) is 12.1 Å². The third-order valence-corrected chi connectivity index (χ3v) is 5.63. The van der Waals surface area contributed by atoms with Gasteiger partial charge in [0.05, 0.1) is 17.4 Å². The van der Waals surface area contributed by atoms with E-state index in [-0.39, 0.29) is 11.6 Å². The van der Waals surface area contributed by atoms with Crippen molar-refractivity contribution in [2.24, 2.45) is 0 Å². The van der Waals surface area contributed by atoms with E-state index in [4.69, 9.17) is 0 Å². The van der Waals surface area contributed by atoms with Crippen molar-refractivity contribution in [3.63, 3.8) is 0 Å². The van der Waals surface area contributed by atoms with Gasteiger partial charge in [0, 0.05) is 36.5 Å². The minimum absolute atomic E-state index is 0.116. The summed E-state index contributed by atoms with van der Waals surface area (Å²) in [7, 11) is 0. The highest BCUT2D eigenvalue weighted by Crippen LogP contribution is 2.33. The SMILES string of the molecule is Cc1ccc(C(=O)Nc2cccc(C(F)(F)F)c2)cc1[C@H]1CCN(c2cccnc2)C1. The molecule has 2 heterocycles. The number of hydrogen-bond donors (Lipinski definition) is 1. The lowest BCUT2D eigenvalue weighted by molar-refractivity contribution is -0.137. The van der Waals surface area contributed by atoms with Gasteiger partial charge in [0.15, 0.2) is 0 Å². The number of carbonyl (C=O) groups excluding carboxylic acids is 1. The molecule has 0 aliphatic carbocycles. The molecule has 0 unspecified atom stereocenters. The lowest BCUT2D eigenvalue weighted by atomic mass is 9.92. The number of nitrogens with one attached hydrogen (secondary N) is 1. The van der Waals surface area contributed by atoms with Crippen molar-refractivity contribution < 1.29 is 18.0 Å². The fourth-order valence-corrected chi connectivity index (χ4v) is 3.99. The molecule has 1 aliphatic rings. The number of aryl methyl sites for hydroxylation is 1. The zero-order chi connectivity index (χ0) is 22.0. The Balaban J connectivity index is 1.51. The van der Waals surface area contributed by atoms with Gasteiger partial charge in [-0.05, 0) is 66.9 Å². The van der Waals surface area contributed by atoms with Crippen molar-refractivity contribution in [3.05, 3.63) is 89.2 Å². The third kappa shape index (κ3) is 4.71. The average Bonchev–Trinajstić information content (AvgIpc) is 3.24. The fourth-order valence-electron chi connectivity index (χ4n) is 3.99. The summed E-state index contributed by atoms with van der Waals surface area (Å²) in [5.74, 6) is -0.163. The van der Waals surface area contributed by atoms with Crippen molar-refractivity contribution in [3.8, 4) is 0 Å². The van der Waals surface area contributed by atoms with Gasteiger partial charge in [-0.25, -0.2) is 0 Å². The van der Waals surface area contributed by atoms with Crippen LogP contribution in [0.5, 0.6) is 0 Å². The molecule has 1 saturated heterocycles. The molecule has 1 aliphatic heterocycles. The van der Waals surface area contributed by atoms with Gasteiger partial charge in [-0.1, -0.05) is 12.1 Å². The first-order valence-electron chi connectivity index (χ1n) is 10.1. The Morgan fingerprint density at radius 2 is 1.97 bits per heavy atom. The molecule has 0 spiro atoms. The predicted molar refractivity (Wildman–Crippen MR) is 114 cm³/mol. The van der Waals surface area contributed by atoms with Crippen molar-refractivity contribution in [1.29, 1.82) is 0 Å². The highest BCUT2D eigenvalue weighted by atomic mass is 19.4. The highest BCUT2D eigenvalue weighted by molar-refractivity contribution is 6.04. The van der Waals surface area contributed by atoms with E-state index in [2.05, 4.69) is 15.2 Å². The van der Waals surface area contributed by atoms with E-state index in [1.54, 1.807) is 12.3 Å². The number of anilines is 2. The van der Waals surface area contributed by atoms with Crippen molar-refractivity contribution in [1.82, 2.24) is 4.98 Å². The molecular formula is C24H22F3N3O. The summed E-state index contributed by atoms with van der Waals surface area (Å²) in [6.07, 6.45) is 0.0800. The molecule has 160 valence electrons. The van der Waals surface area contributed by atoms with Gasteiger partial charge in [0.2, 0.25) is 0 Å². The van der Waals surface area contributed by atoms with Crippen LogP contribution in [-0.2, 0) is 6.18 Å². The molecule has 0 bridgehead atoms. The van der Waals surface area contributed by atoms with Crippen LogP contribution < -0.4 is 10.2 Å². The van der Waals surface area contributed by atoms with Gasteiger partial charge in [0.1, 0.15) is 0 Å². The monoisotopic (exact) mass is 425 g/mol. The van der Waals surface area contributed by atoms with E-state index in [1.807, 2.05) is 37.4 Å². The minimum atomic E-state index is -4.46. The number of rotatable bonds is 4. The molecule has 2 aromatic carbocycles. The lowest BCUT2D eigenvalue weighted by Gasteiger charge is -2.19. The first kappa shape index (κ1) is 20.9. The molecule has 4 nitrogen and oxygen atoms in total. The van der Waals surface area contributed by atoms with Crippen LogP contribution in [0.4, 0.5) is 24.5 Å². The summed E-state index contributed by atoms with van der Waals surface area (Å²) in [6, 6.07) is 14.0. The van der Waals surface area contributed by atoms with E-state index < -0.39 is 17.6 Å². The topological polar surface area (TPSA) is 45.2 Å². The van der Waals surface area contributed by atoms with Crippen molar-refractivity contribution in [2.45, 2.75) is 25.4 Å². The summed E-state index contributed by atoms with van der Waals surface area (Å²) < 4.78 is 38.8. The van der Waals surface area contributed by atoms with E-state index in [0.29, 0.717) is 5.56 Å². The summed E-state index contributed by atoms with van der Waals surface area (Å²) in [4.78, 5) is 19.2. The Kier molecular flexibility index (Phi) is 5.67. The van der Waals surface area contributed by atoms with Crippen LogP contribution in [0, 0.1) is 6.92 Å². The van der Waals surface area contributed by atoms with Gasteiger partial charge in [-0.15, -0.1) is 0 Å². The number of aromatic nitrogens is 1. The molecule has 1 fully saturated rings. The highest BCUT2D eigenvalue weighted by Gasteiger charge is 2.30. The molecule has 31 heavy (non-hydrogen) atoms. The predicted octanol–water partition coefficient (Wildman–Crippen LogP) is 5.66. The molecule has 0 radical (unpaired) electrons. The van der Waals surface area contributed by atoms with E-state index >= 15 is 0 Å². The second-order valence-electron chi connectivity index (χ2n) is 7.75. The summed E-state index contributed by atoms with van der Waals surface area (Å²) >= 11 is 0. The largest absolute Gasteiger partial charge is 0.416 e. The van der Waals surface area contributed by atoms with Gasteiger partial charge < -0.3 is 10.2 Å². The smallest absolute Gasteiger partial charge is 0.370 e. The molecule has 4 rings (SSSR count). The maximum atomic E-state index is 12.9. The average molecular weight is 425 g/mol. The zero-order valence-corrected chi connectivity index (χ0v) is 17.0. The molecule has 3 aromatic rings. The Morgan fingerprint density at radius 3 is 2.71 bits per heavy atom. The number of carbonyl (C=O) groups is 1. The lowest BCUT2D eigenvalue weighted by Crippen LogP contribution is -2.19. The second-order valence-corrected chi connectivity index (χ2v) is 7.75. The van der Waals surface area contributed by atoms with Crippen LogP contribution in [-0.4, -0.2) is 24.0 Å². The van der Waals surface area contributed by atoms with Gasteiger partial charge >= 0.3 is 6.18 Å². The maximum absolute atomic E-state index is 12.9. The number of amides is 1. The summed E-state index contributed by atoms with van der Waals surface area (Å²) in [5, 5.41) is 2.58. The van der Waals surface area contributed by atoms with Crippen molar-refractivity contribution >= 4 is 17.3 Å². The van der Waals surface area contributed by atoms with Crippen LogP contribution in [0.15, 0.2) is 67.0 Å². The number of alkyl halides is 3. The van der Waals surface area contributed by atoms with Crippen LogP contribution in [0.3, 0.4) is 0 Å². The molecule has 1 N–H and O–H groups in total. The quantitative estimate of drug-likeness (QED) is 0.587. The van der Waals surface area contributed by atoms with Crippen LogP contribution in [0.25, 0.3) is 0 Å². The van der Waals surface area contributed by atoms with Crippen molar-refractivity contribution in [2.75, 3.05) is 23.3 Å². The van der Waals surface area contributed by atoms with E-state index in [0.717, 1.165) is 48.5 Å². The molecule has 1 amide bonds. The van der Waals surface area contributed by atoms with E-state index in [9.17, 15) is 18.0 Å². The molecular weight excluding hydrogens is 403 g/mol. The Morgan fingerprint density at radius 1 is 1.13 bits per heavy atom. The van der Waals surface area contributed by atoms with Gasteiger partial charge in [-0.2, -0.15) is 13.2 Å². The standard InChI is InChI=1S/C24H22F3N3O/c1-16-7-8-17(23(31)29-20-5-2-4-19(13-20)24(25,26)27)12-22(16)18-9-11-30(15-18)21-6-3-10-28-14-21/h2-8,10,12-14,18H,9,11,15H2,1H3,(H,29,31)/t18-/m0/s1. The Labute approximate surface area is 178 Å². The molecule has 1 atom stereocenters. The van der Waals surface area contributed by atoms with Crippen LogP contribution in [0.1, 0.15) is 39.4 Å². The number of halogens is 3. The first-order chi connectivity index (χ1) is 14.8. The second kappa shape index (κ2) is 8.41. The third-order valence-electron chi connectivity index (χ3n) is 5.63. The number of nitrogens with zero attached hydrogens (tertiary/aromatic N) is 2. The van der Waals surface area contributed by atoms with Gasteiger partial charge in [-0.3, -0.25) is 9.78 Å². The zero-order valence-electron chi connectivity index (χ0n) is 17.0. The minimum Gasteiger partial charge on any atom is -0.370 e. The maximum Gasteiger partial charge on any atom is 0.416 e. The number of hydrogen-bond acceptors (Lipinski definition) is 3. The number of pyridine rings is 1. The first-order valence-corrected chi connectivity index (χ1v) is 10.1. The summed E-state index contributed by atoms with van der Waals surface area (Å²) in [5.41, 5.74) is 3.00. The number of benzene rings is 2. The molecule has 0 saturated carbocycles. The van der Waals surface area contributed by atoms with Crippen LogP contribution in [0.2, 0.25) is 0 Å². The summed E-state index contributed by atoms with van der Waals surface area (Å²) in [6.45, 7) is 3.73. The normalized spacial score (nSPS) is 16.4. The molecule has 7 heteroatoms. The van der Waals surface area contributed by atoms with Crippen LogP contribution >= 0.6 is 0 Å². The molecule has 1 aromatic heterocycles. The Bertz CT molecular complexity index is 1080. The fraction of sp³-hybridized carbons (Fsp3) is 0.250. The van der Waals surface area contributed by atoms with Gasteiger partial charge in [0.25, 0.3) is 5.91 Å².